The first-order chi connectivity index (χ1) is 7.20. The van der Waals surface area contributed by atoms with Gasteiger partial charge in [-0.3, -0.25) is 4.79 Å². The topological polar surface area (TPSA) is 20.3 Å². The van der Waals surface area contributed by atoms with E-state index in [1.807, 2.05) is 4.90 Å². The molecule has 0 aromatic rings. The lowest BCUT2D eigenvalue weighted by molar-refractivity contribution is -0.129. The maximum absolute atomic E-state index is 11.7. The lowest BCUT2D eigenvalue weighted by Crippen LogP contribution is -2.44. The maximum Gasteiger partial charge on any atom is 0.246 e. The van der Waals surface area contributed by atoms with Crippen molar-refractivity contribution in [1.29, 1.82) is 0 Å². The number of hydrogen-bond acceptors (Lipinski definition) is 1. The van der Waals surface area contributed by atoms with Crippen LogP contribution in [0.2, 0.25) is 0 Å². The molecule has 15 heavy (non-hydrogen) atoms. The molecule has 1 saturated carbocycles. The minimum Gasteiger partial charge on any atom is -0.332 e. The number of rotatable bonds is 4. The molecule has 1 amide bonds. The molecule has 0 aromatic heterocycles. The van der Waals surface area contributed by atoms with Crippen LogP contribution in [0.15, 0.2) is 25.3 Å². The van der Waals surface area contributed by atoms with Crippen molar-refractivity contribution in [2.75, 3.05) is 6.54 Å². The molecule has 0 saturated heterocycles. The van der Waals surface area contributed by atoms with Gasteiger partial charge in [0.05, 0.1) is 0 Å². The van der Waals surface area contributed by atoms with Crippen molar-refractivity contribution in [1.82, 2.24) is 4.90 Å². The zero-order valence-electron chi connectivity index (χ0n) is 9.61. The number of amides is 1. The lowest BCUT2D eigenvalue weighted by atomic mass is 9.85. The molecule has 0 radical (unpaired) electrons. The van der Waals surface area contributed by atoms with Crippen LogP contribution >= 0.6 is 0 Å². The van der Waals surface area contributed by atoms with Crippen LogP contribution in [-0.2, 0) is 4.79 Å². The average Bonchev–Trinajstić information content (AvgIpc) is 2.26. The molecular weight excluding hydrogens is 186 g/mol. The Morgan fingerprint density at radius 1 is 1.40 bits per heavy atom. The Hall–Kier alpha value is -1.05. The van der Waals surface area contributed by atoms with Gasteiger partial charge in [-0.15, -0.1) is 6.58 Å². The minimum atomic E-state index is 0.0358. The van der Waals surface area contributed by atoms with Crippen molar-refractivity contribution in [3.63, 3.8) is 0 Å². The molecule has 0 bridgehead atoms. The van der Waals surface area contributed by atoms with Gasteiger partial charge in [0.15, 0.2) is 0 Å². The monoisotopic (exact) mass is 207 g/mol. The van der Waals surface area contributed by atoms with E-state index in [1.54, 1.807) is 6.08 Å². The fourth-order valence-electron chi connectivity index (χ4n) is 2.40. The number of carbonyl (C=O) groups excluding carboxylic acids is 1. The predicted octanol–water partition coefficient (Wildman–Crippen LogP) is 2.77. The van der Waals surface area contributed by atoms with E-state index < -0.39 is 0 Å². The number of hydrogen-bond donors (Lipinski definition) is 0. The van der Waals surface area contributed by atoms with E-state index in [0.717, 1.165) is 6.42 Å². The molecule has 0 spiro atoms. The third kappa shape index (κ3) is 2.95. The van der Waals surface area contributed by atoms with Gasteiger partial charge in [-0.05, 0) is 24.8 Å². The summed E-state index contributed by atoms with van der Waals surface area (Å²) in [6, 6.07) is 0.377. The Bertz CT molecular complexity index is 247. The Kier molecular flexibility index (Phi) is 4.60. The van der Waals surface area contributed by atoms with Crippen LogP contribution in [0.25, 0.3) is 0 Å². The molecule has 1 aliphatic rings. The maximum atomic E-state index is 11.7. The third-order valence-electron chi connectivity index (χ3n) is 3.25. The van der Waals surface area contributed by atoms with E-state index in [-0.39, 0.29) is 5.91 Å². The second-order valence-electron chi connectivity index (χ2n) is 4.31. The van der Waals surface area contributed by atoms with E-state index >= 15 is 0 Å². The summed E-state index contributed by atoms with van der Waals surface area (Å²) < 4.78 is 0. The van der Waals surface area contributed by atoms with Gasteiger partial charge in [-0.25, -0.2) is 0 Å². The van der Waals surface area contributed by atoms with Gasteiger partial charge in [0.2, 0.25) is 5.91 Å². The zero-order chi connectivity index (χ0) is 11.3. The predicted molar refractivity (Wildman–Crippen MR) is 63.5 cm³/mol. The SMILES string of the molecule is C=CCN(C(=O)C=C)C1CCCCC1C. The second kappa shape index (κ2) is 5.74. The Morgan fingerprint density at radius 3 is 2.60 bits per heavy atom. The molecule has 2 heteroatoms. The molecule has 1 rings (SSSR count). The average molecular weight is 207 g/mol. The molecule has 0 aromatic carbocycles. The number of carbonyl (C=O) groups is 1. The van der Waals surface area contributed by atoms with Gasteiger partial charge in [-0.1, -0.05) is 32.4 Å². The summed E-state index contributed by atoms with van der Waals surface area (Å²) >= 11 is 0. The lowest BCUT2D eigenvalue weighted by Gasteiger charge is -2.37. The Labute approximate surface area is 92.7 Å². The Balaban J connectivity index is 2.72. The van der Waals surface area contributed by atoms with Crippen molar-refractivity contribution in [3.8, 4) is 0 Å². The summed E-state index contributed by atoms with van der Waals surface area (Å²) in [6.07, 6.45) is 8.07. The first-order valence-corrected chi connectivity index (χ1v) is 5.74. The molecule has 0 heterocycles. The van der Waals surface area contributed by atoms with Gasteiger partial charge in [0.1, 0.15) is 0 Å². The highest BCUT2D eigenvalue weighted by molar-refractivity contribution is 5.87. The van der Waals surface area contributed by atoms with Crippen LogP contribution in [0.4, 0.5) is 0 Å². The van der Waals surface area contributed by atoms with E-state index in [2.05, 4.69) is 20.1 Å². The highest BCUT2D eigenvalue weighted by Crippen LogP contribution is 2.28. The summed E-state index contributed by atoms with van der Waals surface area (Å²) in [5.74, 6) is 0.635. The van der Waals surface area contributed by atoms with Crippen molar-refractivity contribution in [2.24, 2.45) is 5.92 Å². The highest BCUT2D eigenvalue weighted by atomic mass is 16.2. The largest absolute Gasteiger partial charge is 0.332 e. The van der Waals surface area contributed by atoms with Gasteiger partial charge in [0, 0.05) is 12.6 Å². The van der Waals surface area contributed by atoms with Crippen LogP contribution in [0.5, 0.6) is 0 Å². The molecule has 0 aliphatic heterocycles. The molecule has 2 nitrogen and oxygen atoms in total. The Morgan fingerprint density at radius 2 is 2.07 bits per heavy atom. The van der Waals surface area contributed by atoms with Gasteiger partial charge in [-0.2, -0.15) is 0 Å². The zero-order valence-corrected chi connectivity index (χ0v) is 9.61. The van der Waals surface area contributed by atoms with E-state index in [0.29, 0.717) is 18.5 Å². The molecule has 1 fully saturated rings. The first-order valence-electron chi connectivity index (χ1n) is 5.74. The summed E-state index contributed by atoms with van der Waals surface area (Å²) in [5, 5.41) is 0. The van der Waals surface area contributed by atoms with Crippen molar-refractivity contribution in [3.05, 3.63) is 25.3 Å². The second-order valence-corrected chi connectivity index (χ2v) is 4.31. The van der Waals surface area contributed by atoms with Crippen molar-refractivity contribution in [2.45, 2.75) is 38.6 Å². The quantitative estimate of drug-likeness (QED) is 0.513. The summed E-state index contributed by atoms with van der Waals surface area (Å²) in [4.78, 5) is 13.6. The standard InChI is InChI=1S/C13H21NO/c1-4-10-14(13(15)5-2)12-9-7-6-8-11(12)3/h4-5,11-12H,1-2,6-10H2,3H3. The molecule has 2 atom stereocenters. The van der Waals surface area contributed by atoms with Crippen LogP contribution in [0.3, 0.4) is 0 Å². The van der Waals surface area contributed by atoms with Crippen LogP contribution in [0.1, 0.15) is 32.6 Å². The molecule has 0 N–H and O–H groups in total. The van der Waals surface area contributed by atoms with E-state index in [1.165, 1.54) is 25.3 Å². The summed E-state index contributed by atoms with van der Waals surface area (Å²) in [6.45, 7) is 10.1. The van der Waals surface area contributed by atoms with Crippen LogP contribution in [-0.4, -0.2) is 23.4 Å². The van der Waals surface area contributed by atoms with Crippen LogP contribution in [0, 0.1) is 5.92 Å². The van der Waals surface area contributed by atoms with E-state index in [9.17, 15) is 4.79 Å². The van der Waals surface area contributed by atoms with E-state index in [4.69, 9.17) is 0 Å². The summed E-state index contributed by atoms with van der Waals surface area (Å²) in [7, 11) is 0. The van der Waals surface area contributed by atoms with Gasteiger partial charge < -0.3 is 4.90 Å². The molecule has 1 aliphatic carbocycles. The molecule has 2 unspecified atom stereocenters. The van der Waals surface area contributed by atoms with Gasteiger partial charge >= 0.3 is 0 Å². The van der Waals surface area contributed by atoms with Gasteiger partial charge in [0.25, 0.3) is 0 Å². The van der Waals surface area contributed by atoms with Crippen molar-refractivity contribution < 1.29 is 4.79 Å². The molecular formula is C13H21NO. The third-order valence-corrected chi connectivity index (χ3v) is 3.25. The van der Waals surface area contributed by atoms with Crippen LogP contribution < -0.4 is 0 Å². The highest BCUT2D eigenvalue weighted by Gasteiger charge is 2.28. The minimum absolute atomic E-state index is 0.0358. The first kappa shape index (κ1) is 12.0. The normalized spacial score (nSPS) is 25.7. The smallest absolute Gasteiger partial charge is 0.246 e. The molecule has 84 valence electrons. The fraction of sp³-hybridized carbons (Fsp3) is 0.615. The fourth-order valence-corrected chi connectivity index (χ4v) is 2.40. The summed E-state index contributed by atoms with van der Waals surface area (Å²) in [5.41, 5.74) is 0. The number of nitrogens with zero attached hydrogens (tertiary/aromatic N) is 1. The van der Waals surface area contributed by atoms with Crippen molar-refractivity contribution >= 4 is 5.91 Å².